The second-order valence-electron chi connectivity index (χ2n) is 4.40. The van der Waals surface area contributed by atoms with E-state index in [0.717, 1.165) is 17.9 Å². The number of halogens is 2. The molecule has 1 fully saturated rings. The highest BCUT2D eigenvalue weighted by Crippen LogP contribution is 2.30. The summed E-state index contributed by atoms with van der Waals surface area (Å²) >= 11 is 9.27. The fourth-order valence-corrected chi connectivity index (χ4v) is 2.66. The van der Waals surface area contributed by atoms with Crippen LogP contribution in [0.5, 0.6) is 0 Å². The maximum Gasteiger partial charge on any atom is 0.178 e. The third kappa shape index (κ3) is 3.45. The van der Waals surface area contributed by atoms with Gasteiger partial charge in [0.05, 0.1) is 18.5 Å². The van der Waals surface area contributed by atoms with Gasteiger partial charge in [-0.2, -0.15) is 0 Å². The number of benzene rings is 1. The van der Waals surface area contributed by atoms with Crippen molar-refractivity contribution in [3.05, 3.63) is 34.9 Å². The van der Waals surface area contributed by atoms with Gasteiger partial charge >= 0.3 is 0 Å². The molecule has 0 bridgehead atoms. The first kappa shape index (κ1) is 14.3. The van der Waals surface area contributed by atoms with Gasteiger partial charge in [-0.1, -0.05) is 39.7 Å². The van der Waals surface area contributed by atoms with Crippen molar-refractivity contribution in [1.29, 1.82) is 0 Å². The number of rotatable bonds is 5. The predicted molar refractivity (Wildman–Crippen MR) is 74.2 cm³/mol. The van der Waals surface area contributed by atoms with Gasteiger partial charge in [0, 0.05) is 11.4 Å². The summed E-state index contributed by atoms with van der Waals surface area (Å²) in [4.78, 5) is 0. The standard InChI is InChI=1S/C13H16BrClO3/c14-9-13(17-8-12(7-16)18-13)6-5-10-1-3-11(15)4-2-10/h1-4,12,16H,5-9H2/t12-,13-/m0/s1. The van der Waals surface area contributed by atoms with Gasteiger partial charge in [-0.3, -0.25) is 0 Å². The summed E-state index contributed by atoms with van der Waals surface area (Å²) in [7, 11) is 0. The van der Waals surface area contributed by atoms with Crippen molar-refractivity contribution in [1.82, 2.24) is 0 Å². The van der Waals surface area contributed by atoms with Crippen molar-refractivity contribution < 1.29 is 14.6 Å². The summed E-state index contributed by atoms with van der Waals surface area (Å²) in [5.74, 6) is -0.618. The second-order valence-corrected chi connectivity index (χ2v) is 5.40. The van der Waals surface area contributed by atoms with Gasteiger partial charge < -0.3 is 14.6 Å². The van der Waals surface area contributed by atoms with Crippen LogP contribution in [0.15, 0.2) is 24.3 Å². The molecule has 2 atom stereocenters. The molecule has 0 unspecified atom stereocenters. The van der Waals surface area contributed by atoms with E-state index in [-0.39, 0.29) is 12.7 Å². The topological polar surface area (TPSA) is 38.7 Å². The highest BCUT2D eigenvalue weighted by molar-refractivity contribution is 9.09. The fourth-order valence-electron chi connectivity index (χ4n) is 1.96. The molecule has 1 aromatic rings. The smallest absolute Gasteiger partial charge is 0.178 e. The van der Waals surface area contributed by atoms with E-state index in [9.17, 15) is 0 Å². The third-order valence-electron chi connectivity index (χ3n) is 3.03. The zero-order chi connectivity index (χ0) is 13.0. The summed E-state index contributed by atoms with van der Waals surface area (Å²) in [5, 5.41) is 10.4. The lowest BCUT2D eigenvalue weighted by atomic mass is 10.1. The summed E-state index contributed by atoms with van der Waals surface area (Å²) < 4.78 is 11.4. The quantitative estimate of drug-likeness (QED) is 0.841. The normalized spacial score (nSPS) is 27.6. The third-order valence-corrected chi connectivity index (χ3v) is 4.14. The Bertz CT molecular complexity index is 384. The lowest BCUT2D eigenvalue weighted by Crippen LogP contribution is -2.34. The molecule has 0 radical (unpaired) electrons. The molecule has 0 aliphatic carbocycles. The van der Waals surface area contributed by atoms with Crippen LogP contribution in [0, 0.1) is 0 Å². The number of hydrogen-bond acceptors (Lipinski definition) is 3. The first-order chi connectivity index (χ1) is 8.67. The molecule has 1 aliphatic heterocycles. The fraction of sp³-hybridized carbons (Fsp3) is 0.538. The Morgan fingerprint density at radius 2 is 2.11 bits per heavy atom. The summed E-state index contributed by atoms with van der Waals surface area (Å²) in [6, 6.07) is 7.76. The van der Waals surface area contributed by atoms with Gasteiger partial charge in [-0.25, -0.2) is 0 Å². The molecule has 1 N–H and O–H groups in total. The van der Waals surface area contributed by atoms with Gasteiger partial charge in [0.1, 0.15) is 6.10 Å². The molecule has 1 heterocycles. The zero-order valence-corrected chi connectivity index (χ0v) is 12.3. The first-order valence-electron chi connectivity index (χ1n) is 5.90. The van der Waals surface area contributed by atoms with Crippen molar-refractivity contribution in [3.63, 3.8) is 0 Å². The Morgan fingerprint density at radius 1 is 1.39 bits per heavy atom. The number of aryl methyl sites for hydroxylation is 1. The molecule has 18 heavy (non-hydrogen) atoms. The van der Waals surface area contributed by atoms with Crippen LogP contribution >= 0.6 is 27.5 Å². The largest absolute Gasteiger partial charge is 0.394 e. The highest BCUT2D eigenvalue weighted by atomic mass is 79.9. The van der Waals surface area contributed by atoms with E-state index in [2.05, 4.69) is 15.9 Å². The Balaban J connectivity index is 1.93. The van der Waals surface area contributed by atoms with Crippen LogP contribution in [0.3, 0.4) is 0 Å². The number of ether oxygens (including phenoxy) is 2. The zero-order valence-electron chi connectivity index (χ0n) is 9.94. The van der Waals surface area contributed by atoms with Gasteiger partial charge in [-0.05, 0) is 24.1 Å². The maximum atomic E-state index is 9.07. The van der Waals surface area contributed by atoms with Crippen molar-refractivity contribution in [2.24, 2.45) is 0 Å². The molecule has 0 spiro atoms. The molecule has 3 nitrogen and oxygen atoms in total. The minimum Gasteiger partial charge on any atom is -0.394 e. The summed E-state index contributed by atoms with van der Waals surface area (Å²) in [6.07, 6.45) is 1.38. The summed E-state index contributed by atoms with van der Waals surface area (Å²) in [5.41, 5.74) is 1.19. The van der Waals surface area contributed by atoms with Crippen LogP contribution in [-0.4, -0.2) is 35.5 Å². The van der Waals surface area contributed by atoms with Crippen LogP contribution < -0.4 is 0 Å². The molecular formula is C13H16BrClO3. The SMILES string of the molecule is OC[C@H]1CO[C@@](CBr)(CCc2ccc(Cl)cc2)O1. The number of hydrogen-bond donors (Lipinski definition) is 1. The van der Waals surface area contributed by atoms with E-state index in [1.54, 1.807) is 0 Å². The van der Waals surface area contributed by atoms with Gasteiger partial charge in [-0.15, -0.1) is 0 Å². The van der Waals surface area contributed by atoms with E-state index in [4.69, 9.17) is 26.2 Å². The molecule has 1 aliphatic rings. The maximum absolute atomic E-state index is 9.07. The molecule has 100 valence electrons. The van der Waals surface area contributed by atoms with Crippen molar-refractivity contribution in [2.75, 3.05) is 18.5 Å². The van der Waals surface area contributed by atoms with Crippen molar-refractivity contribution in [3.8, 4) is 0 Å². The lowest BCUT2D eigenvalue weighted by Gasteiger charge is -2.25. The predicted octanol–water partition coefficient (Wildman–Crippen LogP) is 2.77. The minimum absolute atomic E-state index is 0.00427. The van der Waals surface area contributed by atoms with E-state index >= 15 is 0 Å². The van der Waals surface area contributed by atoms with Gasteiger partial charge in [0.2, 0.25) is 0 Å². The molecule has 0 aromatic heterocycles. The first-order valence-corrected chi connectivity index (χ1v) is 7.40. The van der Waals surface area contributed by atoms with Gasteiger partial charge in [0.25, 0.3) is 0 Å². The van der Waals surface area contributed by atoms with E-state index in [0.29, 0.717) is 11.9 Å². The van der Waals surface area contributed by atoms with Crippen LogP contribution in [-0.2, 0) is 15.9 Å². The van der Waals surface area contributed by atoms with Crippen molar-refractivity contribution in [2.45, 2.75) is 24.7 Å². The van der Waals surface area contributed by atoms with Crippen LogP contribution in [0.25, 0.3) is 0 Å². The molecule has 0 amide bonds. The van der Waals surface area contributed by atoms with E-state index in [1.165, 1.54) is 5.56 Å². The molecule has 1 saturated heterocycles. The van der Waals surface area contributed by atoms with E-state index < -0.39 is 5.79 Å². The second kappa shape index (κ2) is 6.35. The average molecular weight is 336 g/mol. The average Bonchev–Trinajstić information content (AvgIpc) is 2.83. The Labute approximate surface area is 120 Å². The molecule has 5 heteroatoms. The highest BCUT2D eigenvalue weighted by Gasteiger charge is 2.39. The van der Waals surface area contributed by atoms with Crippen LogP contribution in [0.2, 0.25) is 5.02 Å². The lowest BCUT2D eigenvalue weighted by molar-refractivity contribution is -0.156. The molecule has 0 saturated carbocycles. The number of alkyl halides is 1. The monoisotopic (exact) mass is 334 g/mol. The Kier molecular flexibility index (Phi) is 5.04. The molecule has 1 aromatic carbocycles. The summed E-state index contributed by atoms with van der Waals surface area (Å²) in [6.45, 7) is 0.443. The molecular weight excluding hydrogens is 319 g/mol. The number of aliphatic hydroxyl groups is 1. The Morgan fingerprint density at radius 3 is 2.67 bits per heavy atom. The van der Waals surface area contributed by atoms with Crippen LogP contribution in [0.4, 0.5) is 0 Å². The van der Waals surface area contributed by atoms with Crippen molar-refractivity contribution >= 4 is 27.5 Å². The van der Waals surface area contributed by atoms with E-state index in [1.807, 2.05) is 24.3 Å². The number of aliphatic hydroxyl groups excluding tert-OH is 1. The van der Waals surface area contributed by atoms with Gasteiger partial charge in [0.15, 0.2) is 5.79 Å². The minimum atomic E-state index is -0.618. The molecule has 2 rings (SSSR count). The Hall–Kier alpha value is -0.130. The van der Waals surface area contributed by atoms with Crippen LogP contribution in [0.1, 0.15) is 12.0 Å².